The van der Waals surface area contributed by atoms with Crippen LogP contribution >= 0.6 is 0 Å². The van der Waals surface area contributed by atoms with E-state index in [0.717, 1.165) is 17.2 Å². The minimum Gasteiger partial charge on any atom is -0.497 e. The van der Waals surface area contributed by atoms with Crippen molar-refractivity contribution in [3.8, 4) is 5.75 Å². The van der Waals surface area contributed by atoms with Gasteiger partial charge in [0.15, 0.2) is 5.82 Å². The Morgan fingerprint density at radius 1 is 1.10 bits per heavy atom. The molecule has 2 saturated heterocycles. The number of benzene rings is 1. The number of hydrogen-bond donors (Lipinski definition) is 0. The molecule has 1 aromatic carbocycles. The summed E-state index contributed by atoms with van der Waals surface area (Å²) in [5.74, 6) is 1.26. The molecule has 0 N–H and O–H groups in total. The van der Waals surface area contributed by atoms with Gasteiger partial charge in [-0.2, -0.15) is 5.10 Å². The largest absolute Gasteiger partial charge is 0.497 e. The van der Waals surface area contributed by atoms with E-state index in [1.165, 1.54) is 0 Å². The number of rotatable bonds is 4. The lowest BCUT2D eigenvalue weighted by atomic mass is 10.1. The molecule has 2 aliphatic heterocycles. The standard InChI is InChI=1S/C21H25N5O3/c1-15-6-7-19(23-22-15)24-8-10-25(11-9-24)21(28)16-12-20(27)26(14-16)17-4-3-5-18(13-17)29-2/h3-7,13,16H,8-12,14H2,1-2H3. The molecule has 0 radical (unpaired) electrons. The smallest absolute Gasteiger partial charge is 0.228 e. The lowest BCUT2D eigenvalue weighted by molar-refractivity contribution is -0.136. The quantitative estimate of drug-likeness (QED) is 0.781. The van der Waals surface area contributed by atoms with Crippen molar-refractivity contribution >= 4 is 23.3 Å². The minimum absolute atomic E-state index is 0.0230. The van der Waals surface area contributed by atoms with Crippen molar-refractivity contribution < 1.29 is 14.3 Å². The van der Waals surface area contributed by atoms with Crippen molar-refractivity contribution in [3.63, 3.8) is 0 Å². The average molecular weight is 395 g/mol. The van der Waals surface area contributed by atoms with E-state index < -0.39 is 0 Å². The molecule has 2 fully saturated rings. The van der Waals surface area contributed by atoms with Crippen LogP contribution in [0.5, 0.6) is 5.75 Å². The fraction of sp³-hybridized carbons (Fsp3) is 0.429. The summed E-state index contributed by atoms with van der Waals surface area (Å²) in [4.78, 5) is 31.2. The number of aromatic nitrogens is 2. The van der Waals surface area contributed by atoms with Gasteiger partial charge in [-0.3, -0.25) is 9.59 Å². The number of ether oxygens (including phenoxy) is 1. The molecule has 3 heterocycles. The molecule has 2 aromatic rings. The molecule has 0 bridgehead atoms. The van der Waals surface area contributed by atoms with Crippen LogP contribution in [-0.4, -0.2) is 66.7 Å². The van der Waals surface area contributed by atoms with Crippen molar-refractivity contribution in [2.45, 2.75) is 13.3 Å². The second-order valence-electron chi connectivity index (χ2n) is 7.45. The van der Waals surface area contributed by atoms with Gasteiger partial charge in [-0.15, -0.1) is 5.10 Å². The van der Waals surface area contributed by atoms with E-state index in [9.17, 15) is 9.59 Å². The Hall–Kier alpha value is -3.16. The van der Waals surface area contributed by atoms with Crippen molar-refractivity contribution in [1.29, 1.82) is 0 Å². The fourth-order valence-electron chi connectivity index (χ4n) is 3.88. The first-order valence-electron chi connectivity index (χ1n) is 9.83. The lowest BCUT2D eigenvalue weighted by Gasteiger charge is -2.36. The molecule has 0 spiro atoms. The Morgan fingerprint density at radius 2 is 1.90 bits per heavy atom. The number of methoxy groups -OCH3 is 1. The van der Waals surface area contributed by atoms with Gasteiger partial charge in [0.1, 0.15) is 5.75 Å². The Bertz CT molecular complexity index is 893. The molecule has 1 aromatic heterocycles. The zero-order valence-corrected chi connectivity index (χ0v) is 16.7. The maximum Gasteiger partial charge on any atom is 0.228 e. The van der Waals surface area contributed by atoms with Crippen molar-refractivity contribution in [3.05, 3.63) is 42.1 Å². The van der Waals surface area contributed by atoms with E-state index >= 15 is 0 Å². The van der Waals surface area contributed by atoms with Crippen molar-refractivity contribution in [1.82, 2.24) is 15.1 Å². The molecule has 1 unspecified atom stereocenters. The summed E-state index contributed by atoms with van der Waals surface area (Å²) in [6, 6.07) is 11.3. The van der Waals surface area contributed by atoms with Crippen LogP contribution in [0.3, 0.4) is 0 Å². The van der Waals surface area contributed by atoms with Gasteiger partial charge >= 0.3 is 0 Å². The molecule has 1 atom stereocenters. The van der Waals surface area contributed by atoms with Crippen LogP contribution in [0.25, 0.3) is 0 Å². The second-order valence-corrected chi connectivity index (χ2v) is 7.45. The van der Waals surface area contributed by atoms with E-state index in [0.29, 0.717) is 38.5 Å². The van der Waals surface area contributed by atoms with Gasteiger partial charge in [0.25, 0.3) is 0 Å². The number of aryl methyl sites for hydroxylation is 1. The Balaban J connectivity index is 1.37. The highest BCUT2D eigenvalue weighted by Crippen LogP contribution is 2.29. The van der Waals surface area contributed by atoms with Gasteiger partial charge in [-0.05, 0) is 31.2 Å². The van der Waals surface area contributed by atoms with Crippen LogP contribution < -0.4 is 14.5 Å². The summed E-state index contributed by atoms with van der Waals surface area (Å²) >= 11 is 0. The predicted octanol–water partition coefficient (Wildman–Crippen LogP) is 1.50. The summed E-state index contributed by atoms with van der Waals surface area (Å²) in [6.07, 6.45) is 0.250. The highest BCUT2D eigenvalue weighted by molar-refractivity contribution is 6.00. The maximum absolute atomic E-state index is 13.0. The Labute approximate surface area is 170 Å². The van der Waals surface area contributed by atoms with E-state index in [2.05, 4.69) is 15.1 Å². The van der Waals surface area contributed by atoms with Crippen molar-refractivity contribution in [2.24, 2.45) is 5.92 Å². The van der Waals surface area contributed by atoms with Gasteiger partial charge in [0, 0.05) is 50.9 Å². The number of carbonyl (C=O) groups excluding carboxylic acids is 2. The van der Waals surface area contributed by atoms with Crippen LogP contribution in [0.2, 0.25) is 0 Å². The summed E-state index contributed by atoms with van der Waals surface area (Å²) in [6.45, 7) is 4.99. The van der Waals surface area contributed by atoms with Crippen LogP contribution in [0.4, 0.5) is 11.5 Å². The average Bonchev–Trinajstić information content (AvgIpc) is 3.15. The highest BCUT2D eigenvalue weighted by Gasteiger charge is 2.38. The molecular formula is C21H25N5O3. The molecule has 152 valence electrons. The van der Waals surface area contributed by atoms with Crippen LogP contribution in [0.1, 0.15) is 12.1 Å². The van der Waals surface area contributed by atoms with Crippen LogP contribution in [-0.2, 0) is 9.59 Å². The zero-order chi connectivity index (χ0) is 20.4. The van der Waals surface area contributed by atoms with Crippen molar-refractivity contribution in [2.75, 3.05) is 49.6 Å². The molecule has 8 heteroatoms. The molecule has 8 nitrogen and oxygen atoms in total. The third kappa shape index (κ3) is 4.01. The minimum atomic E-state index is -0.306. The molecule has 29 heavy (non-hydrogen) atoms. The van der Waals surface area contributed by atoms with Crippen LogP contribution in [0, 0.1) is 12.8 Å². The molecular weight excluding hydrogens is 370 g/mol. The number of anilines is 2. The summed E-state index contributed by atoms with van der Waals surface area (Å²) in [5, 5.41) is 8.33. The van der Waals surface area contributed by atoms with E-state index in [1.807, 2.05) is 48.2 Å². The van der Waals surface area contributed by atoms with Gasteiger partial charge in [-0.1, -0.05) is 6.07 Å². The van der Waals surface area contributed by atoms with Gasteiger partial charge in [-0.25, -0.2) is 0 Å². The predicted molar refractivity (Wildman–Crippen MR) is 109 cm³/mol. The van der Waals surface area contributed by atoms with E-state index in [-0.39, 0.29) is 24.2 Å². The number of amides is 2. The van der Waals surface area contributed by atoms with Crippen LogP contribution in [0.15, 0.2) is 36.4 Å². The van der Waals surface area contributed by atoms with Gasteiger partial charge in [0.2, 0.25) is 11.8 Å². The summed E-state index contributed by atoms with van der Waals surface area (Å²) in [7, 11) is 1.60. The van der Waals surface area contributed by atoms with E-state index in [4.69, 9.17) is 4.74 Å². The monoisotopic (exact) mass is 395 g/mol. The zero-order valence-electron chi connectivity index (χ0n) is 16.7. The maximum atomic E-state index is 13.0. The first-order chi connectivity index (χ1) is 14.0. The lowest BCUT2D eigenvalue weighted by Crippen LogP contribution is -2.51. The van der Waals surface area contributed by atoms with E-state index in [1.54, 1.807) is 12.0 Å². The topological polar surface area (TPSA) is 78.9 Å². The normalized spacial score (nSPS) is 19.6. The molecule has 2 aliphatic rings. The summed E-state index contributed by atoms with van der Waals surface area (Å²) < 4.78 is 5.24. The summed E-state index contributed by atoms with van der Waals surface area (Å²) in [5.41, 5.74) is 1.65. The number of nitrogens with zero attached hydrogens (tertiary/aromatic N) is 5. The third-order valence-electron chi connectivity index (χ3n) is 5.54. The Kier molecular flexibility index (Phi) is 5.33. The Morgan fingerprint density at radius 3 is 2.59 bits per heavy atom. The molecule has 0 aliphatic carbocycles. The fourth-order valence-corrected chi connectivity index (χ4v) is 3.88. The highest BCUT2D eigenvalue weighted by atomic mass is 16.5. The number of hydrogen-bond acceptors (Lipinski definition) is 6. The van der Waals surface area contributed by atoms with Gasteiger partial charge < -0.3 is 19.4 Å². The first kappa shape index (κ1) is 19.2. The SMILES string of the molecule is COc1cccc(N2CC(C(=O)N3CCN(c4ccc(C)nn4)CC3)CC2=O)c1. The third-order valence-corrected chi connectivity index (χ3v) is 5.54. The van der Waals surface area contributed by atoms with Gasteiger partial charge in [0.05, 0.1) is 18.7 Å². The molecule has 2 amide bonds. The number of carbonyl (C=O) groups is 2. The molecule has 4 rings (SSSR count). The first-order valence-corrected chi connectivity index (χ1v) is 9.83. The molecule has 0 saturated carbocycles. The number of piperazine rings is 1. The second kappa shape index (κ2) is 8.06.